The summed E-state index contributed by atoms with van der Waals surface area (Å²) in [6.07, 6.45) is 0. The number of para-hydroxylation sites is 2. The maximum atomic E-state index is 12.5. The zero-order valence-electron chi connectivity index (χ0n) is 15.8. The van der Waals surface area contributed by atoms with E-state index in [9.17, 15) is 9.59 Å². The maximum absolute atomic E-state index is 12.5. The Kier molecular flexibility index (Phi) is 7.72. The van der Waals surface area contributed by atoms with Crippen LogP contribution in [0.5, 0.6) is 5.75 Å². The predicted molar refractivity (Wildman–Crippen MR) is 117 cm³/mol. The first-order chi connectivity index (χ1) is 14.2. The summed E-state index contributed by atoms with van der Waals surface area (Å²) < 4.78 is 5.59. The lowest BCUT2D eigenvalue weighted by atomic mass is 10.2. The summed E-state index contributed by atoms with van der Waals surface area (Å²) in [5, 5.41) is 5.65. The lowest BCUT2D eigenvalue weighted by Gasteiger charge is -2.12. The normalized spacial score (nSPS) is 10.2. The fourth-order valence-electron chi connectivity index (χ4n) is 2.57. The largest absolute Gasteiger partial charge is 0.483 e. The number of amides is 2. The van der Waals surface area contributed by atoms with Crippen LogP contribution in [0, 0.1) is 0 Å². The third-order valence-corrected chi connectivity index (χ3v) is 4.97. The van der Waals surface area contributed by atoms with Crippen LogP contribution in [0.2, 0.25) is 0 Å². The van der Waals surface area contributed by atoms with Gasteiger partial charge in [-0.05, 0) is 36.4 Å². The van der Waals surface area contributed by atoms with Gasteiger partial charge < -0.3 is 15.4 Å². The number of benzene rings is 3. The number of ether oxygens (including phenoxy) is 1. The molecule has 0 fully saturated rings. The quantitative estimate of drug-likeness (QED) is 0.412. The van der Waals surface area contributed by atoms with Gasteiger partial charge in [0.25, 0.3) is 11.8 Å². The molecule has 0 aliphatic carbocycles. The lowest BCUT2D eigenvalue weighted by molar-refractivity contribution is -0.122. The van der Waals surface area contributed by atoms with Gasteiger partial charge in [-0.2, -0.15) is 0 Å². The number of hydrogen-bond donors (Lipinski definition) is 2. The summed E-state index contributed by atoms with van der Waals surface area (Å²) in [5.41, 5.74) is 1.07. The van der Waals surface area contributed by atoms with Crippen LogP contribution in [0.25, 0.3) is 0 Å². The molecule has 0 heterocycles. The van der Waals surface area contributed by atoms with Crippen LogP contribution in [0.15, 0.2) is 89.8 Å². The van der Waals surface area contributed by atoms with E-state index >= 15 is 0 Å². The van der Waals surface area contributed by atoms with Crippen LogP contribution in [-0.2, 0) is 4.79 Å². The number of nitrogens with one attached hydrogen (secondary N) is 2. The molecule has 3 aromatic rings. The molecule has 0 aromatic heterocycles. The molecular weight excluding hydrogens is 384 g/mol. The van der Waals surface area contributed by atoms with Gasteiger partial charge in [0.2, 0.25) is 0 Å². The van der Waals surface area contributed by atoms with E-state index in [1.807, 2.05) is 60.7 Å². The SMILES string of the molecule is O=C(COc1ccccc1C(=O)Nc1ccccc1)NCCSc1ccccc1. The van der Waals surface area contributed by atoms with Crippen LogP contribution in [0.4, 0.5) is 5.69 Å². The average molecular weight is 407 g/mol. The summed E-state index contributed by atoms with van der Waals surface area (Å²) in [5.74, 6) is 0.629. The van der Waals surface area contributed by atoms with E-state index in [1.54, 1.807) is 36.0 Å². The molecule has 5 nitrogen and oxygen atoms in total. The van der Waals surface area contributed by atoms with Gasteiger partial charge in [-0.1, -0.05) is 48.5 Å². The van der Waals surface area contributed by atoms with Crippen molar-refractivity contribution in [3.63, 3.8) is 0 Å². The van der Waals surface area contributed by atoms with Crippen molar-refractivity contribution in [3.05, 3.63) is 90.5 Å². The third-order valence-electron chi connectivity index (χ3n) is 3.96. The number of carbonyl (C=O) groups is 2. The molecular formula is C23H22N2O3S. The van der Waals surface area contributed by atoms with Gasteiger partial charge in [-0.3, -0.25) is 9.59 Å². The van der Waals surface area contributed by atoms with Crippen molar-refractivity contribution in [3.8, 4) is 5.75 Å². The van der Waals surface area contributed by atoms with E-state index in [2.05, 4.69) is 10.6 Å². The molecule has 29 heavy (non-hydrogen) atoms. The van der Waals surface area contributed by atoms with Crippen LogP contribution in [0.3, 0.4) is 0 Å². The van der Waals surface area contributed by atoms with E-state index in [0.717, 1.165) is 10.6 Å². The summed E-state index contributed by atoms with van der Waals surface area (Å²) >= 11 is 1.68. The molecule has 2 amide bonds. The number of hydrogen-bond acceptors (Lipinski definition) is 4. The van der Waals surface area contributed by atoms with Gasteiger partial charge in [0.15, 0.2) is 6.61 Å². The molecule has 0 aliphatic heterocycles. The van der Waals surface area contributed by atoms with Crippen molar-refractivity contribution >= 4 is 29.3 Å². The molecule has 0 bridgehead atoms. The molecule has 3 rings (SSSR count). The molecule has 6 heteroatoms. The summed E-state index contributed by atoms with van der Waals surface area (Å²) in [4.78, 5) is 25.7. The second-order valence-corrected chi connectivity index (χ2v) is 7.28. The first kappa shape index (κ1) is 20.5. The molecule has 148 valence electrons. The molecule has 0 radical (unpaired) electrons. The van der Waals surface area contributed by atoms with Gasteiger partial charge in [-0.15, -0.1) is 11.8 Å². The van der Waals surface area contributed by atoms with Crippen molar-refractivity contribution in [2.75, 3.05) is 24.2 Å². The van der Waals surface area contributed by atoms with Crippen molar-refractivity contribution in [1.29, 1.82) is 0 Å². The van der Waals surface area contributed by atoms with E-state index in [-0.39, 0.29) is 18.4 Å². The number of anilines is 1. The topological polar surface area (TPSA) is 67.4 Å². The van der Waals surface area contributed by atoms with E-state index < -0.39 is 0 Å². The molecule has 2 N–H and O–H groups in total. The highest BCUT2D eigenvalue weighted by molar-refractivity contribution is 7.99. The lowest BCUT2D eigenvalue weighted by Crippen LogP contribution is -2.31. The third kappa shape index (κ3) is 6.69. The Balaban J connectivity index is 1.46. The van der Waals surface area contributed by atoms with Crippen LogP contribution in [0.1, 0.15) is 10.4 Å². The number of carbonyl (C=O) groups excluding carboxylic acids is 2. The minimum atomic E-state index is -0.286. The fraction of sp³-hybridized carbons (Fsp3) is 0.130. The highest BCUT2D eigenvalue weighted by Gasteiger charge is 2.13. The number of rotatable bonds is 9. The Bertz CT molecular complexity index is 933. The van der Waals surface area contributed by atoms with Gasteiger partial charge in [0, 0.05) is 22.9 Å². The Hall–Kier alpha value is -3.25. The van der Waals surface area contributed by atoms with Crippen molar-refractivity contribution in [2.45, 2.75) is 4.90 Å². The Morgan fingerprint density at radius 3 is 2.24 bits per heavy atom. The van der Waals surface area contributed by atoms with E-state index in [4.69, 9.17) is 4.74 Å². The summed E-state index contributed by atoms with van der Waals surface area (Å²) in [6, 6.07) is 26.1. The first-order valence-electron chi connectivity index (χ1n) is 9.25. The highest BCUT2D eigenvalue weighted by atomic mass is 32.2. The van der Waals surface area contributed by atoms with Crippen LogP contribution < -0.4 is 15.4 Å². The Morgan fingerprint density at radius 2 is 1.48 bits per heavy atom. The maximum Gasteiger partial charge on any atom is 0.259 e. The highest BCUT2D eigenvalue weighted by Crippen LogP contribution is 2.20. The predicted octanol–water partition coefficient (Wildman–Crippen LogP) is 4.23. The molecule has 0 unspecified atom stereocenters. The Labute approximate surface area is 174 Å². The summed E-state index contributed by atoms with van der Waals surface area (Å²) in [6.45, 7) is 0.392. The fourth-order valence-corrected chi connectivity index (χ4v) is 3.36. The van der Waals surface area contributed by atoms with Gasteiger partial charge in [0.1, 0.15) is 5.75 Å². The van der Waals surface area contributed by atoms with Crippen molar-refractivity contribution < 1.29 is 14.3 Å². The molecule has 0 atom stereocenters. The molecule has 0 aliphatic rings. The minimum absolute atomic E-state index is 0.147. The van der Waals surface area contributed by atoms with Crippen LogP contribution in [-0.4, -0.2) is 30.7 Å². The smallest absolute Gasteiger partial charge is 0.259 e. The summed E-state index contributed by atoms with van der Waals surface area (Å²) in [7, 11) is 0. The van der Waals surface area contributed by atoms with Crippen molar-refractivity contribution in [2.24, 2.45) is 0 Å². The minimum Gasteiger partial charge on any atom is -0.483 e. The first-order valence-corrected chi connectivity index (χ1v) is 10.2. The van der Waals surface area contributed by atoms with Crippen LogP contribution >= 0.6 is 11.8 Å². The second-order valence-electron chi connectivity index (χ2n) is 6.12. The van der Waals surface area contributed by atoms with E-state index in [1.165, 1.54) is 0 Å². The second kappa shape index (κ2) is 10.9. The molecule has 0 saturated carbocycles. The van der Waals surface area contributed by atoms with Gasteiger partial charge >= 0.3 is 0 Å². The standard InChI is InChI=1S/C23H22N2O3S/c26-22(24-15-16-29-19-11-5-2-6-12-19)17-28-21-14-8-7-13-20(21)23(27)25-18-9-3-1-4-10-18/h1-14H,15-17H2,(H,24,26)(H,25,27). The molecule has 0 spiro atoms. The zero-order chi connectivity index (χ0) is 20.3. The van der Waals surface area contributed by atoms with Gasteiger partial charge in [-0.25, -0.2) is 0 Å². The Morgan fingerprint density at radius 1 is 0.828 bits per heavy atom. The molecule has 0 saturated heterocycles. The number of thioether (sulfide) groups is 1. The monoisotopic (exact) mass is 406 g/mol. The zero-order valence-corrected chi connectivity index (χ0v) is 16.7. The van der Waals surface area contributed by atoms with Crippen molar-refractivity contribution in [1.82, 2.24) is 5.32 Å². The van der Waals surface area contributed by atoms with Gasteiger partial charge in [0.05, 0.1) is 5.56 Å². The van der Waals surface area contributed by atoms with E-state index in [0.29, 0.717) is 23.5 Å². The molecule has 3 aromatic carbocycles. The average Bonchev–Trinajstić information content (AvgIpc) is 2.77.